The highest BCUT2D eigenvalue weighted by Gasteiger charge is 2.29. The molecule has 1 aromatic heterocycles. The summed E-state index contributed by atoms with van der Waals surface area (Å²) in [6.07, 6.45) is 4.26. The smallest absolute Gasteiger partial charge is 0.228 e. The maximum Gasteiger partial charge on any atom is 0.228 e. The van der Waals surface area contributed by atoms with Crippen LogP contribution in [0, 0.1) is 0 Å². The largest absolute Gasteiger partial charge is 0.383 e. The van der Waals surface area contributed by atoms with Crippen molar-refractivity contribution < 1.29 is 9.26 Å². The van der Waals surface area contributed by atoms with Gasteiger partial charge in [0.1, 0.15) is 0 Å². The lowest BCUT2D eigenvalue weighted by atomic mass is 10.2. The van der Waals surface area contributed by atoms with Crippen LogP contribution in [0.4, 0.5) is 0 Å². The Morgan fingerprint density at radius 3 is 3.00 bits per heavy atom. The number of hydrogen-bond donors (Lipinski definition) is 1. The molecule has 5 heteroatoms. The summed E-state index contributed by atoms with van der Waals surface area (Å²) in [6.45, 7) is 3.80. The van der Waals surface area contributed by atoms with E-state index in [4.69, 9.17) is 9.26 Å². The molecule has 1 aromatic rings. The maximum atomic E-state index is 5.27. The summed E-state index contributed by atoms with van der Waals surface area (Å²) in [5.74, 6) is 2.15. The first-order valence-electron chi connectivity index (χ1n) is 6.38. The van der Waals surface area contributed by atoms with Gasteiger partial charge in [-0.3, -0.25) is 0 Å². The molecule has 1 aliphatic rings. The third-order valence-corrected chi connectivity index (χ3v) is 2.90. The van der Waals surface area contributed by atoms with Gasteiger partial charge in [0, 0.05) is 25.5 Å². The highest BCUT2D eigenvalue weighted by Crippen LogP contribution is 2.38. The minimum Gasteiger partial charge on any atom is -0.383 e. The first-order valence-corrected chi connectivity index (χ1v) is 6.38. The Bertz CT molecular complexity index is 336. The zero-order chi connectivity index (χ0) is 12.1. The van der Waals surface area contributed by atoms with Crippen LogP contribution < -0.4 is 5.32 Å². The van der Waals surface area contributed by atoms with Crippen LogP contribution >= 0.6 is 0 Å². The van der Waals surface area contributed by atoms with Crippen LogP contribution in [0.3, 0.4) is 0 Å². The van der Waals surface area contributed by atoms with Gasteiger partial charge in [0.05, 0.1) is 6.61 Å². The van der Waals surface area contributed by atoms with Crippen molar-refractivity contribution in [3.05, 3.63) is 11.7 Å². The second-order valence-corrected chi connectivity index (χ2v) is 4.63. The minimum atomic E-state index is 0.257. The number of methoxy groups -OCH3 is 1. The van der Waals surface area contributed by atoms with Crippen molar-refractivity contribution in [2.75, 3.05) is 20.3 Å². The third kappa shape index (κ3) is 3.78. The predicted octanol–water partition coefficient (Wildman–Crippen LogP) is 1.50. The summed E-state index contributed by atoms with van der Waals surface area (Å²) in [7, 11) is 1.71. The highest BCUT2D eigenvalue weighted by molar-refractivity contribution is 5.03. The molecule has 17 heavy (non-hydrogen) atoms. The molecule has 1 fully saturated rings. The fourth-order valence-electron chi connectivity index (χ4n) is 1.81. The summed E-state index contributed by atoms with van der Waals surface area (Å²) in [5, 5.41) is 7.44. The average molecular weight is 239 g/mol. The monoisotopic (exact) mass is 239 g/mol. The van der Waals surface area contributed by atoms with Crippen molar-refractivity contribution in [1.29, 1.82) is 0 Å². The molecule has 0 aliphatic heterocycles. The Hall–Kier alpha value is -0.940. The van der Waals surface area contributed by atoms with E-state index in [0.717, 1.165) is 31.1 Å². The lowest BCUT2D eigenvalue weighted by Gasteiger charge is -2.15. The van der Waals surface area contributed by atoms with Crippen molar-refractivity contribution >= 4 is 0 Å². The molecule has 1 saturated carbocycles. The Morgan fingerprint density at radius 2 is 2.35 bits per heavy atom. The van der Waals surface area contributed by atoms with Crippen LogP contribution in [0.1, 0.15) is 43.8 Å². The molecule has 1 N–H and O–H groups in total. The first kappa shape index (κ1) is 12.5. The van der Waals surface area contributed by atoms with Crippen LogP contribution in [0.2, 0.25) is 0 Å². The third-order valence-electron chi connectivity index (χ3n) is 2.90. The number of ether oxygens (including phenoxy) is 1. The molecule has 2 rings (SSSR count). The molecule has 0 radical (unpaired) electrons. The number of rotatable bonds is 8. The summed E-state index contributed by atoms with van der Waals surface area (Å²) in [4.78, 5) is 4.43. The van der Waals surface area contributed by atoms with Gasteiger partial charge in [-0.1, -0.05) is 12.1 Å². The second kappa shape index (κ2) is 6.12. The van der Waals surface area contributed by atoms with Gasteiger partial charge in [-0.05, 0) is 25.8 Å². The van der Waals surface area contributed by atoms with Gasteiger partial charge in [0.2, 0.25) is 5.89 Å². The quantitative estimate of drug-likeness (QED) is 0.745. The molecule has 1 unspecified atom stereocenters. The maximum absolute atomic E-state index is 5.27. The summed E-state index contributed by atoms with van der Waals surface area (Å²) in [5.41, 5.74) is 0. The van der Waals surface area contributed by atoms with Gasteiger partial charge in [-0.25, -0.2) is 0 Å². The van der Waals surface area contributed by atoms with E-state index in [0.29, 0.717) is 12.5 Å². The molecule has 0 amide bonds. The average Bonchev–Trinajstić information content (AvgIpc) is 3.08. The van der Waals surface area contributed by atoms with E-state index >= 15 is 0 Å². The van der Waals surface area contributed by atoms with Crippen LogP contribution in [-0.2, 0) is 11.2 Å². The molecule has 0 aromatic carbocycles. The van der Waals surface area contributed by atoms with E-state index < -0.39 is 0 Å². The van der Waals surface area contributed by atoms with Crippen molar-refractivity contribution in [3.63, 3.8) is 0 Å². The summed E-state index contributed by atoms with van der Waals surface area (Å²) >= 11 is 0. The van der Waals surface area contributed by atoms with Gasteiger partial charge in [-0.2, -0.15) is 4.98 Å². The normalized spacial score (nSPS) is 17.3. The molecular formula is C12H21N3O2. The standard InChI is InChI=1S/C12H21N3O2/c1-3-6-13-10(8-16-2)7-11-14-12(15-17-11)9-4-5-9/h9-10,13H,3-8H2,1-2H3. The molecule has 1 heterocycles. The van der Waals surface area contributed by atoms with Crippen molar-refractivity contribution in [3.8, 4) is 0 Å². The van der Waals surface area contributed by atoms with Crippen molar-refractivity contribution in [2.24, 2.45) is 0 Å². The zero-order valence-electron chi connectivity index (χ0n) is 10.6. The summed E-state index contributed by atoms with van der Waals surface area (Å²) < 4.78 is 10.5. The zero-order valence-corrected chi connectivity index (χ0v) is 10.6. The van der Waals surface area contributed by atoms with Gasteiger partial charge < -0.3 is 14.6 Å². The van der Waals surface area contributed by atoms with E-state index in [1.54, 1.807) is 7.11 Å². The lowest BCUT2D eigenvalue weighted by molar-refractivity contribution is 0.161. The Morgan fingerprint density at radius 1 is 1.53 bits per heavy atom. The SMILES string of the molecule is CCCNC(COC)Cc1nc(C2CC2)no1. The van der Waals surface area contributed by atoms with Gasteiger partial charge in [0.15, 0.2) is 5.82 Å². The molecule has 0 spiro atoms. The van der Waals surface area contributed by atoms with Gasteiger partial charge in [0.25, 0.3) is 0 Å². The number of hydrogen-bond acceptors (Lipinski definition) is 5. The van der Waals surface area contributed by atoms with Gasteiger partial charge in [-0.15, -0.1) is 0 Å². The van der Waals surface area contributed by atoms with Crippen LogP contribution in [-0.4, -0.2) is 36.4 Å². The molecule has 5 nitrogen and oxygen atoms in total. The number of nitrogens with one attached hydrogen (secondary N) is 1. The van der Waals surface area contributed by atoms with E-state index in [9.17, 15) is 0 Å². The molecular weight excluding hydrogens is 218 g/mol. The Kier molecular flexibility index (Phi) is 4.50. The topological polar surface area (TPSA) is 60.2 Å². The first-order chi connectivity index (χ1) is 8.33. The molecule has 96 valence electrons. The van der Waals surface area contributed by atoms with Crippen LogP contribution in [0.15, 0.2) is 4.52 Å². The number of nitrogens with zero attached hydrogens (tertiary/aromatic N) is 2. The molecule has 0 saturated heterocycles. The van der Waals surface area contributed by atoms with E-state index in [-0.39, 0.29) is 6.04 Å². The second-order valence-electron chi connectivity index (χ2n) is 4.63. The number of aromatic nitrogens is 2. The predicted molar refractivity (Wildman–Crippen MR) is 63.9 cm³/mol. The Labute approximate surface area is 102 Å². The van der Waals surface area contributed by atoms with Crippen molar-refractivity contribution in [2.45, 2.75) is 44.6 Å². The van der Waals surface area contributed by atoms with E-state index in [1.807, 2.05) is 0 Å². The van der Waals surface area contributed by atoms with Crippen molar-refractivity contribution in [1.82, 2.24) is 15.5 Å². The van der Waals surface area contributed by atoms with Crippen LogP contribution in [0.5, 0.6) is 0 Å². The van der Waals surface area contributed by atoms with E-state index in [2.05, 4.69) is 22.4 Å². The minimum absolute atomic E-state index is 0.257. The molecule has 1 atom stereocenters. The molecule has 0 bridgehead atoms. The fourth-order valence-corrected chi connectivity index (χ4v) is 1.81. The van der Waals surface area contributed by atoms with E-state index in [1.165, 1.54) is 12.8 Å². The fraction of sp³-hybridized carbons (Fsp3) is 0.833. The lowest BCUT2D eigenvalue weighted by Crippen LogP contribution is -2.35. The summed E-state index contributed by atoms with van der Waals surface area (Å²) in [6, 6.07) is 0.257. The van der Waals surface area contributed by atoms with Crippen LogP contribution in [0.25, 0.3) is 0 Å². The highest BCUT2D eigenvalue weighted by atomic mass is 16.5. The molecule has 1 aliphatic carbocycles. The Balaban J connectivity index is 1.85. The van der Waals surface area contributed by atoms with Gasteiger partial charge >= 0.3 is 0 Å².